The molecule has 5 nitrogen and oxygen atoms in total. The number of carbonyl (C=O) groups excluding carboxylic acids is 1. The lowest BCUT2D eigenvalue weighted by atomic mass is 10.1. The first kappa shape index (κ1) is 16.9. The maximum Gasteiger partial charge on any atom is 0.573 e. The van der Waals surface area contributed by atoms with Crippen molar-refractivity contribution in [3.63, 3.8) is 0 Å². The SMILES string of the molecule is COC(=O)Cc1cc(N)nc(C(F)(F)F)c1OC(F)(F)F. The molecule has 1 aromatic rings. The van der Waals surface area contributed by atoms with Crippen molar-refractivity contribution in [3.8, 4) is 5.75 Å². The molecule has 0 fully saturated rings. The Labute approximate surface area is 113 Å². The predicted octanol–water partition coefficient (Wildman–Crippen LogP) is 2.30. The van der Waals surface area contributed by atoms with Crippen molar-refractivity contribution in [1.29, 1.82) is 0 Å². The highest BCUT2D eigenvalue weighted by molar-refractivity contribution is 5.74. The number of methoxy groups -OCH3 is 1. The number of anilines is 1. The zero-order valence-corrected chi connectivity index (χ0v) is 10.3. The van der Waals surface area contributed by atoms with Gasteiger partial charge < -0.3 is 15.2 Å². The van der Waals surface area contributed by atoms with Crippen molar-refractivity contribution >= 4 is 11.8 Å². The number of hydrogen-bond donors (Lipinski definition) is 1. The zero-order chi connectivity index (χ0) is 16.4. The fraction of sp³-hybridized carbons (Fsp3) is 0.400. The molecule has 0 saturated carbocycles. The van der Waals surface area contributed by atoms with Crippen LogP contribution in [0, 0.1) is 0 Å². The molecule has 0 radical (unpaired) electrons. The van der Waals surface area contributed by atoms with Crippen LogP contribution in [0.5, 0.6) is 5.75 Å². The number of aromatic nitrogens is 1. The number of esters is 1. The molecule has 0 aliphatic carbocycles. The number of rotatable bonds is 3. The van der Waals surface area contributed by atoms with Gasteiger partial charge in [-0.3, -0.25) is 4.79 Å². The predicted molar refractivity (Wildman–Crippen MR) is 56.1 cm³/mol. The molecule has 21 heavy (non-hydrogen) atoms. The third-order valence-electron chi connectivity index (χ3n) is 2.12. The maximum atomic E-state index is 12.7. The maximum absolute atomic E-state index is 12.7. The van der Waals surface area contributed by atoms with Gasteiger partial charge in [-0.2, -0.15) is 13.2 Å². The summed E-state index contributed by atoms with van der Waals surface area (Å²) < 4.78 is 82.4. The molecular weight excluding hydrogens is 310 g/mol. The van der Waals surface area contributed by atoms with E-state index in [0.717, 1.165) is 7.11 Å². The highest BCUT2D eigenvalue weighted by atomic mass is 19.4. The van der Waals surface area contributed by atoms with Gasteiger partial charge in [0.05, 0.1) is 13.5 Å². The summed E-state index contributed by atoms with van der Waals surface area (Å²) in [5.41, 5.74) is 2.40. The number of hydrogen-bond acceptors (Lipinski definition) is 5. The minimum Gasteiger partial charge on any atom is -0.469 e. The summed E-state index contributed by atoms with van der Waals surface area (Å²) in [6, 6.07) is 0.674. The Morgan fingerprint density at radius 1 is 1.29 bits per heavy atom. The Morgan fingerprint density at radius 2 is 1.86 bits per heavy atom. The van der Waals surface area contributed by atoms with Gasteiger partial charge in [-0.05, 0) is 6.07 Å². The summed E-state index contributed by atoms with van der Waals surface area (Å²) in [4.78, 5) is 13.9. The van der Waals surface area contributed by atoms with Gasteiger partial charge in [0.2, 0.25) is 0 Å². The lowest BCUT2D eigenvalue weighted by Crippen LogP contribution is -2.23. The van der Waals surface area contributed by atoms with Crippen LogP contribution < -0.4 is 10.5 Å². The van der Waals surface area contributed by atoms with Gasteiger partial charge in [-0.15, -0.1) is 13.2 Å². The van der Waals surface area contributed by atoms with Crippen molar-refractivity contribution in [1.82, 2.24) is 4.98 Å². The second-order valence-corrected chi connectivity index (χ2v) is 3.68. The van der Waals surface area contributed by atoms with Gasteiger partial charge in [0.1, 0.15) is 5.82 Å². The molecule has 0 aromatic carbocycles. The van der Waals surface area contributed by atoms with Gasteiger partial charge >= 0.3 is 18.5 Å². The zero-order valence-electron chi connectivity index (χ0n) is 10.3. The lowest BCUT2D eigenvalue weighted by Gasteiger charge is -2.18. The Kier molecular flexibility index (Phi) is 4.54. The van der Waals surface area contributed by atoms with Gasteiger partial charge in [-0.1, -0.05) is 0 Å². The van der Waals surface area contributed by atoms with E-state index in [2.05, 4.69) is 14.5 Å². The van der Waals surface area contributed by atoms with Gasteiger partial charge in [0.25, 0.3) is 0 Å². The number of ether oxygens (including phenoxy) is 2. The smallest absolute Gasteiger partial charge is 0.469 e. The van der Waals surface area contributed by atoms with E-state index in [-0.39, 0.29) is 0 Å². The van der Waals surface area contributed by atoms with E-state index in [1.165, 1.54) is 0 Å². The van der Waals surface area contributed by atoms with Crippen LogP contribution >= 0.6 is 0 Å². The first-order chi connectivity index (χ1) is 9.44. The highest BCUT2D eigenvalue weighted by Gasteiger charge is 2.42. The average molecular weight is 318 g/mol. The molecule has 118 valence electrons. The molecule has 0 bridgehead atoms. The molecule has 0 atom stereocenters. The molecule has 11 heteroatoms. The van der Waals surface area contributed by atoms with Crippen LogP contribution in [0.15, 0.2) is 6.07 Å². The number of carbonyl (C=O) groups is 1. The van der Waals surface area contributed by atoms with E-state index in [9.17, 15) is 31.1 Å². The third-order valence-corrected chi connectivity index (χ3v) is 2.12. The number of nitrogen functional groups attached to an aromatic ring is 1. The van der Waals surface area contributed by atoms with Gasteiger partial charge in [0, 0.05) is 5.56 Å². The fourth-order valence-corrected chi connectivity index (χ4v) is 1.39. The fourth-order valence-electron chi connectivity index (χ4n) is 1.39. The molecule has 1 aromatic heterocycles. The molecule has 0 aliphatic heterocycles. The van der Waals surface area contributed by atoms with Crippen molar-refractivity contribution in [2.75, 3.05) is 12.8 Å². The van der Waals surface area contributed by atoms with Crippen molar-refractivity contribution < 1.29 is 40.6 Å². The monoisotopic (exact) mass is 318 g/mol. The van der Waals surface area contributed by atoms with Crippen LogP contribution in [0.1, 0.15) is 11.3 Å². The minimum absolute atomic E-state index is 0.674. The largest absolute Gasteiger partial charge is 0.573 e. The quantitative estimate of drug-likeness (QED) is 0.684. The Hall–Kier alpha value is -2.20. The van der Waals surface area contributed by atoms with Crippen LogP contribution in [0.4, 0.5) is 32.2 Å². The van der Waals surface area contributed by atoms with Crippen molar-refractivity contribution in [3.05, 3.63) is 17.3 Å². The summed E-state index contributed by atoms with van der Waals surface area (Å²) in [5.74, 6) is -3.41. The van der Waals surface area contributed by atoms with Crippen LogP contribution in [0.25, 0.3) is 0 Å². The molecule has 2 N–H and O–H groups in total. The average Bonchev–Trinajstić information content (AvgIpc) is 2.29. The van der Waals surface area contributed by atoms with Gasteiger partial charge in [0.15, 0.2) is 11.4 Å². The summed E-state index contributed by atoms with van der Waals surface area (Å²) in [6.07, 6.45) is -11.5. The second kappa shape index (κ2) is 5.66. The Morgan fingerprint density at radius 3 is 2.29 bits per heavy atom. The first-order valence-electron chi connectivity index (χ1n) is 5.13. The van der Waals surface area contributed by atoms with Crippen LogP contribution in [0.2, 0.25) is 0 Å². The number of alkyl halides is 6. The number of pyridine rings is 1. The van der Waals surface area contributed by atoms with Crippen molar-refractivity contribution in [2.45, 2.75) is 19.0 Å². The van der Waals surface area contributed by atoms with E-state index >= 15 is 0 Å². The topological polar surface area (TPSA) is 74.4 Å². The van der Waals surface area contributed by atoms with Crippen LogP contribution in [0.3, 0.4) is 0 Å². The van der Waals surface area contributed by atoms with E-state index < -0.39 is 47.8 Å². The Bertz CT molecular complexity index is 541. The third kappa shape index (κ3) is 4.68. The molecule has 0 aliphatic rings. The highest BCUT2D eigenvalue weighted by Crippen LogP contribution is 2.40. The van der Waals surface area contributed by atoms with E-state index in [1.54, 1.807) is 0 Å². The number of nitrogens with zero attached hydrogens (tertiary/aromatic N) is 1. The van der Waals surface area contributed by atoms with E-state index in [0.29, 0.717) is 6.07 Å². The van der Waals surface area contributed by atoms with E-state index in [4.69, 9.17) is 5.73 Å². The summed E-state index contributed by atoms with van der Waals surface area (Å²) in [7, 11) is 0.918. The van der Waals surface area contributed by atoms with Crippen LogP contribution in [-0.2, 0) is 22.1 Å². The van der Waals surface area contributed by atoms with Crippen LogP contribution in [-0.4, -0.2) is 24.4 Å². The molecule has 0 unspecified atom stereocenters. The summed E-state index contributed by atoms with van der Waals surface area (Å²) in [5, 5.41) is 0. The first-order valence-corrected chi connectivity index (χ1v) is 5.13. The summed E-state index contributed by atoms with van der Waals surface area (Å²) >= 11 is 0. The lowest BCUT2D eigenvalue weighted by molar-refractivity contribution is -0.276. The minimum atomic E-state index is -5.40. The number of halogens is 6. The van der Waals surface area contributed by atoms with Crippen molar-refractivity contribution in [2.24, 2.45) is 0 Å². The second-order valence-electron chi connectivity index (χ2n) is 3.68. The standard InChI is InChI=1S/C10H8F6N2O3/c1-20-6(19)3-4-2-5(17)18-8(9(11,12)13)7(4)21-10(14,15)16/h2H,3H2,1H3,(H2,17,18). The van der Waals surface area contributed by atoms with Gasteiger partial charge in [-0.25, -0.2) is 4.98 Å². The Balaban J connectivity index is 3.46. The summed E-state index contributed by atoms with van der Waals surface area (Å²) in [6.45, 7) is 0. The molecule has 0 spiro atoms. The van der Waals surface area contributed by atoms with E-state index in [1.807, 2.05) is 0 Å². The molecule has 0 saturated heterocycles. The molecule has 1 heterocycles. The molecular formula is C10H8F6N2O3. The molecule has 1 rings (SSSR count). The molecule has 0 amide bonds. The normalized spacial score (nSPS) is 12.1. The number of nitrogens with two attached hydrogens (primary N) is 1.